The number of hydrogen-bond acceptors (Lipinski definition) is 2. The maximum absolute atomic E-state index is 7.75. The van der Waals surface area contributed by atoms with Gasteiger partial charge in [-0.05, 0) is 0 Å². The van der Waals surface area contributed by atoms with Crippen LogP contribution in [-0.2, 0) is 29.1 Å². The molecule has 0 spiro atoms. The Kier molecular flexibility index (Phi) is 36.3. The van der Waals surface area contributed by atoms with Crippen LogP contribution in [0, 0.1) is 0 Å². The Hall–Kier alpha value is -0.197. The molecule has 0 aromatic carbocycles. The first-order valence-corrected chi connectivity index (χ1v) is 13.1. The van der Waals surface area contributed by atoms with E-state index in [2.05, 4.69) is 96.7 Å². The number of rotatable bonds is 14. The summed E-state index contributed by atoms with van der Waals surface area (Å²) in [6, 6.07) is 0.885. The quantitative estimate of drug-likeness (QED) is 0.116. The van der Waals surface area contributed by atoms with Gasteiger partial charge in [0.05, 0.1) is 0 Å². The molecule has 0 aromatic heterocycles. The van der Waals surface area contributed by atoms with E-state index < -0.39 is 0 Å². The molecule has 0 fully saturated rings. The van der Waals surface area contributed by atoms with Gasteiger partial charge >= 0.3 is 19.5 Å². The number of carbonyl (C=O) groups excluding carboxylic acids is 2. The van der Waals surface area contributed by atoms with Gasteiger partial charge in [-0.1, -0.05) is 134 Å². The van der Waals surface area contributed by atoms with Gasteiger partial charge in [0.2, 0.25) is 0 Å². The van der Waals surface area contributed by atoms with Crippen LogP contribution in [-0.4, -0.2) is 49.1 Å². The van der Waals surface area contributed by atoms with Crippen LogP contribution in [0.3, 0.4) is 0 Å². The summed E-state index contributed by atoms with van der Waals surface area (Å²) in [6.45, 7) is 32.6. The molecule has 35 heavy (non-hydrogen) atoms. The molecular formula is C28H58N4O2Ru. The summed E-state index contributed by atoms with van der Waals surface area (Å²) < 4.78 is 0. The molecule has 0 amide bonds. The van der Waals surface area contributed by atoms with Gasteiger partial charge in [-0.25, -0.2) is 12.3 Å². The fraction of sp³-hybridized carbons (Fsp3) is 0.929. The van der Waals surface area contributed by atoms with Crippen molar-refractivity contribution in [1.82, 2.24) is 0 Å². The minimum absolute atomic E-state index is 0. The molecule has 4 atom stereocenters. The molecule has 0 N–H and O–H groups in total. The average molecular weight is 584 g/mol. The van der Waals surface area contributed by atoms with Crippen molar-refractivity contribution < 1.29 is 29.1 Å². The van der Waals surface area contributed by atoms with Crippen molar-refractivity contribution >= 4 is 13.6 Å². The van der Waals surface area contributed by atoms with Gasteiger partial charge in [-0.3, -0.25) is 13.6 Å². The van der Waals surface area contributed by atoms with E-state index in [1.807, 2.05) is 0 Å². The van der Waals surface area contributed by atoms with Gasteiger partial charge in [0, 0.05) is 0 Å². The molecule has 0 radical (unpaired) electrons. The topological polar surface area (TPSA) is 90.5 Å². The molecule has 0 saturated carbocycles. The normalized spacial score (nSPS) is 14.3. The van der Waals surface area contributed by atoms with Gasteiger partial charge < -0.3 is 30.9 Å². The van der Waals surface area contributed by atoms with Gasteiger partial charge in [-0.15, -0.1) is 23.2 Å². The van der Waals surface area contributed by atoms with E-state index in [1.54, 1.807) is 0 Å². The van der Waals surface area contributed by atoms with Crippen molar-refractivity contribution in [3.63, 3.8) is 0 Å². The van der Waals surface area contributed by atoms with Crippen molar-refractivity contribution in [2.75, 3.05) is 0 Å². The smallest absolute Gasteiger partial charge is 0.675 e. The van der Waals surface area contributed by atoms with E-state index in [4.69, 9.17) is 30.9 Å². The molecule has 0 rings (SSSR count). The van der Waals surface area contributed by atoms with Crippen LogP contribution in [0.5, 0.6) is 0 Å². The monoisotopic (exact) mass is 584 g/mol. The van der Waals surface area contributed by atoms with E-state index in [1.165, 1.54) is 25.7 Å². The molecule has 7 heteroatoms. The summed E-state index contributed by atoms with van der Waals surface area (Å²) in [5.74, 6) is 0. The molecule has 0 heterocycles. The summed E-state index contributed by atoms with van der Waals surface area (Å²) in [4.78, 5) is 15.5. The van der Waals surface area contributed by atoms with Crippen LogP contribution in [0.15, 0.2) is 0 Å². The summed E-state index contributed by atoms with van der Waals surface area (Å²) in [6.07, 6.45) is 9.77. The van der Waals surface area contributed by atoms with Gasteiger partial charge in [0.1, 0.15) is 0 Å². The number of hydrogen-bond donors (Lipinski definition) is 0. The van der Waals surface area contributed by atoms with Crippen molar-refractivity contribution in [3.05, 3.63) is 21.3 Å². The third-order valence-corrected chi connectivity index (χ3v) is 4.74. The maximum atomic E-state index is 7.75. The largest absolute Gasteiger partial charge is 6.00 e. The molecule has 0 aliphatic rings. The van der Waals surface area contributed by atoms with Crippen molar-refractivity contribution in [2.24, 2.45) is 0 Å². The minimum Gasteiger partial charge on any atom is -0.675 e. The molecule has 0 aromatic rings. The van der Waals surface area contributed by atoms with Crippen molar-refractivity contribution in [3.8, 4) is 0 Å². The molecule has 210 valence electrons. The molecule has 0 aliphatic heterocycles. The maximum Gasteiger partial charge on any atom is 6.00 e. The molecule has 6 nitrogen and oxygen atoms in total. The standard InChI is InChI=1S/2C13H28N2.2CHO.Ru/c2*1-7-9-10-12(14-11(3)8-2)15-13(4,5)6;2*1-2;/h2*11-12H,7-10H2,1-6H3;2*1H;/q2*-2;2*-1;+6. The second-order valence-corrected chi connectivity index (χ2v) is 10.7. The third kappa shape index (κ3) is 38.5. The predicted molar refractivity (Wildman–Crippen MR) is 153 cm³/mol. The Balaban J connectivity index is -0.000000146. The van der Waals surface area contributed by atoms with Crippen LogP contribution in [0.2, 0.25) is 0 Å². The van der Waals surface area contributed by atoms with Gasteiger partial charge in [0.15, 0.2) is 0 Å². The predicted octanol–water partition coefficient (Wildman–Crippen LogP) is 9.14. The zero-order valence-corrected chi connectivity index (χ0v) is 26.8. The SMILES string of the molecule is CCCCC([N-]C(C)CC)[N-]C(C)(C)C.CCCCC([N-]C(C)CC)[N-]C(C)(C)C.[CH-]=O.[CH-]=O.[Ru+6]. The minimum atomic E-state index is 0. The van der Waals surface area contributed by atoms with Crippen molar-refractivity contribution in [1.29, 1.82) is 0 Å². The first kappa shape index (κ1) is 44.8. The van der Waals surface area contributed by atoms with E-state index in [0.717, 1.165) is 25.7 Å². The first-order chi connectivity index (χ1) is 15.8. The van der Waals surface area contributed by atoms with Crippen LogP contribution >= 0.6 is 0 Å². The zero-order chi connectivity index (χ0) is 27.8. The van der Waals surface area contributed by atoms with E-state index in [9.17, 15) is 0 Å². The fourth-order valence-corrected chi connectivity index (χ4v) is 2.81. The van der Waals surface area contributed by atoms with Crippen LogP contribution in [0.1, 0.15) is 134 Å². The van der Waals surface area contributed by atoms with Crippen LogP contribution < -0.4 is 0 Å². The second kappa shape index (κ2) is 28.4. The van der Waals surface area contributed by atoms with E-state index in [-0.39, 0.29) is 42.9 Å². The van der Waals surface area contributed by atoms with Crippen molar-refractivity contribution in [2.45, 2.75) is 170 Å². The molecular weight excluding hydrogens is 525 g/mol. The second-order valence-electron chi connectivity index (χ2n) is 10.7. The summed E-state index contributed by atoms with van der Waals surface area (Å²) in [7, 11) is 0. The summed E-state index contributed by atoms with van der Waals surface area (Å²) in [5, 5.41) is 19.0. The van der Waals surface area contributed by atoms with Crippen LogP contribution in [0.4, 0.5) is 0 Å². The Morgan fingerprint density at radius 3 is 1.03 bits per heavy atom. The van der Waals surface area contributed by atoms with Gasteiger partial charge in [-0.2, -0.15) is 0 Å². The fourth-order valence-electron chi connectivity index (χ4n) is 2.81. The van der Waals surface area contributed by atoms with Gasteiger partial charge in [0.25, 0.3) is 0 Å². The summed E-state index contributed by atoms with van der Waals surface area (Å²) in [5.41, 5.74) is 0.0741. The first-order valence-electron chi connectivity index (χ1n) is 13.1. The Morgan fingerprint density at radius 2 is 0.857 bits per heavy atom. The van der Waals surface area contributed by atoms with E-state index in [0.29, 0.717) is 12.1 Å². The average Bonchev–Trinajstić information content (AvgIpc) is 2.76. The Morgan fingerprint density at radius 1 is 0.600 bits per heavy atom. The molecule has 0 aliphatic carbocycles. The number of unbranched alkanes of at least 4 members (excludes halogenated alkanes) is 2. The number of nitrogens with zero attached hydrogens (tertiary/aromatic N) is 4. The molecule has 0 saturated heterocycles. The third-order valence-electron chi connectivity index (χ3n) is 4.74. The van der Waals surface area contributed by atoms with E-state index >= 15 is 0 Å². The summed E-state index contributed by atoms with van der Waals surface area (Å²) >= 11 is 0. The van der Waals surface area contributed by atoms with Crippen LogP contribution in [0.25, 0.3) is 21.3 Å². The molecule has 4 unspecified atom stereocenters. The zero-order valence-electron chi connectivity index (χ0n) is 25.1. The Bertz CT molecular complexity index is 377. The molecule has 0 bridgehead atoms. The Labute approximate surface area is 233 Å².